The molecule has 0 spiro atoms. The van der Waals surface area contributed by atoms with Gasteiger partial charge >= 0.3 is 0 Å². The van der Waals surface area contributed by atoms with Crippen LogP contribution in [0.1, 0.15) is 11.1 Å². The number of hydrogen-bond donors (Lipinski definition) is 1. The highest BCUT2D eigenvalue weighted by molar-refractivity contribution is 9.10. The molecule has 0 atom stereocenters. The third kappa shape index (κ3) is 5.44. The molecule has 0 unspecified atom stereocenters. The number of halogens is 2. The fourth-order valence-corrected chi connectivity index (χ4v) is 3.40. The molecule has 2 aromatic carbocycles. The van der Waals surface area contributed by atoms with Gasteiger partial charge in [-0.2, -0.15) is 5.10 Å². The SMILES string of the molecule is O=C(CSCc1ccc(F)cc1)Nc1ccnn1Cc1ccc(Br)cc1. The molecule has 0 radical (unpaired) electrons. The number of anilines is 1. The predicted octanol–water partition coefficient (Wildman–Crippen LogP) is 4.70. The predicted molar refractivity (Wildman–Crippen MR) is 107 cm³/mol. The lowest BCUT2D eigenvalue weighted by atomic mass is 10.2. The molecule has 0 aliphatic rings. The highest BCUT2D eigenvalue weighted by Gasteiger charge is 2.08. The quantitative estimate of drug-likeness (QED) is 0.586. The van der Waals surface area contributed by atoms with E-state index in [2.05, 4.69) is 26.3 Å². The molecule has 26 heavy (non-hydrogen) atoms. The minimum atomic E-state index is -0.254. The Bertz CT molecular complexity index is 865. The van der Waals surface area contributed by atoms with Crippen molar-refractivity contribution in [1.29, 1.82) is 0 Å². The van der Waals surface area contributed by atoms with Gasteiger partial charge in [-0.05, 0) is 35.4 Å². The number of benzene rings is 2. The van der Waals surface area contributed by atoms with Gasteiger partial charge in [0.2, 0.25) is 5.91 Å². The standard InChI is InChI=1S/C19H17BrFN3OS/c20-16-5-1-14(2-6-16)11-24-18(9-10-22-24)23-19(25)13-26-12-15-3-7-17(21)8-4-15/h1-10H,11-13H2,(H,23,25). The molecular weight excluding hydrogens is 417 g/mol. The van der Waals surface area contributed by atoms with E-state index in [4.69, 9.17) is 0 Å². The molecule has 4 nitrogen and oxygen atoms in total. The van der Waals surface area contributed by atoms with Crippen molar-refractivity contribution >= 4 is 39.4 Å². The molecule has 1 N–H and O–H groups in total. The number of amides is 1. The lowest BCUT2D eigenvalue weighted by Gasteiger charge is -2.09. The normalized spacial score (nSPS) is 10.7. The first kappa shape index (κ1) is 18.7. The number of nitrogens with one attached hydrogen (secondary N) is 1. The van der Waals surface area contributed by atoms with E-state index < -0.39 is 0 Å². The third-order valence-electron chi connectivity index (χ3n) is 3.64. The van der Waals surface area contributed by atoms with E-state index in [0.717, 1.165) is 15.6 Å². The minimum absolute atomic E-state index is 0.0883. The Morgan fingerprint density at radius 1 is 1.08 bits per heavy atom. The Balaban J connectivity index is 1.50. The van der Waals surface area contributed by atoms with E-state index in [9.17, 15) is 9.18 Å². The molecular formula is C19H17BrFN3OS. The average molecular weight is 434 g/mol. The van der Waals surface area contributed by atoms with Crippen molar-refractivity contribution in [3.05, 3.63) is 82.2 Å². The van der Waals surface area contributed by atoms with E-state index in [1.54, 1.807) is 29.1 Å². The summed E-state index contributed by atoms with van der Waals surface area (Å²) in [6.45, 7) is 0.582. The maximum Gasteiger partial charge on any atom is 0.235 e. The summed E-state index contributed by atoms with van der Waals surface area (Å²) >= 11 is 4.90. The van der Waals surface area contributed by atoms with Crippen LogP contribution in [0.5, 0.6) is 0 Å². The first-order chi connectivity index (χ1) is 12.6. The van der Waals surface area contributed by atoms with Gasteiger partial charge in [0.25, 0.3) is 0 Å². The monoisotopic (exact) mass is 433 g/mol. The molecule has 134 valence electrons. The number of thioether (sulfide) groups is 1. The summed E-state index contributed by atoms with van der Waals surface area (Å²) in [6, 6.07) is 16.1. The number of nitrogens with zero attached hydrogens (tertiary/aromatic N) is 2. The van der Waals surface area contributed by atoms with Gasteiger partial charge in [-0.15, -0.1) is 11.8 Å². The molecule has 7 heteroatoms. The van der Waals surface area contributed by atoms with E-state index in [-0.39, 0.29) is 11.7 Å². The summed E-state index contributed by atoms with van der Waals surface area (Å²) in [5.41, 5.74) is 2.09. The first-order valence-corrected chi connectivity index (χ1v) is 9.93. The number of carbonyl (C=O) groups is 1. The van der Waals surface area contributed by atoms with Gasteiger partial charge in [0.15, 0.2) is 0 Å². The Hall–Kier alpha value is -2.12. The van der Waals surface area contributed by atoms with Gasteiger partial charge in [-0.25, -0.2) is 9.07 Å². The van der Waals surface area contributed by atoms with Gasteiger partial charge in [-0.3, -0.25) is 4.79 Å². The van der Waals surface area contributed by atoms with Crippen molar-refractivity contribution in [3.63, 3.8) is 0 Å². The van der Waals surface area contributed by atoms with Crippen molar-refractivity contribution in [3.8, 4) is 0 Å². The van der Waals surface area contributed by atoms with Gasteiger partial charge in [0, 0.05) is 16.3 Å². The van der Waals surface area contributed by atoms with Crippen LogP contribution in [0.15, 0.2) is 65.3 Å². The Morgan fingerprint density at radius 3 is 2.50 bits per heavy atom. The van der Waals surface area contributed by atoms with E-state index in [1.165, 1.54) is 23.9 Å². The fourth-order valence-electron chi connectivity index (χ4n) is 2.35. The van der Waals surface area contributed by atoms with Crippen molar-refractivity contribution in [2.75, 3.05) is 11.1 Å². The summed E-state index contributed by atoms with van der Waals surface area (Å²) in [4.78, 5) is 12.2. The van der Waals surface area contributed by atoms with Crippen LogP contribution >= 0.6 is 27.7 Å². The summed E-state index contributed by atoms with van der Waals surface area (Å²) in [5.74, 6) is 1.30. The van der Waals surface area contributed by atoms with Crippen LogP contribution < -0.4 is 5.32 Å². The van der Waals surface area contributed by atoms with Crippen molar-refractivity contribution < 1.29 is 9.18 Å². The maximum absolute atomic E-state index is 12.9. The molecule has 3 aromatic rings. The van der Waals surface area contributed by atoms with Crippen LogP contribution in [0.2, 0.25) is 0 Å². The zero-order valence-electron chi connectivity index (χ0n) is 13.9. The average Bonchev–Trinajstić information content (AvgIpc) is 3.05. The second-order valence-corrected chi connectivity index (χ2v) is 7.57. The molecule has 0 aliphatic heterocycles. The zero-order valence-corrected chi connectivity index (χ0v) is 16.3. The molecule has 0 saturated heterocycles. The fraction of sp³-hybridized carbons (Fsp3) is 0.158. The number of hydrogen-bond acceptors (Lipinski definition) is 3. The van der Waals surface area contributed by atoms with Crippen molar-refractivity contribution in [2.45, 2.75) is 12.3 Å². The molecule has 1 heterocycles. The van der Waals surface area contributed by atoms with Crippen LogP contribution in [-0.4, -0.2) is 21.4 Å². The van der Waals surface area contributed by atoms with Gasteiger partial charge in [0.1, 0.15) is 11.6 Å². The Labute approximate surface area is 163 Å². The largest absolute Gasteiger partial charge is 0.310 e. The summed E-state index contributed by atoms with van der Waals surface area (Å²) in [5, 5.41) is 7.16. The summed E-state index contributed by atoms with van der Waals surface area (Å²) in [7, 11) is 0. The first-order valence-electron chi connectivity index (χ1n) is 7.98. The third-order valence-corrected chi connectivity index (χ3v) is 5.18. The zero-order chi connectivity index (χ0) is 18.4. The summed E-state index contributed by atoms with van der Waals surface area (Å²) in [6.07, 6.45) is 1.67. The number of rotatable bonds is 7. The van der Waals surface area contributed by atoms with Crippen LogP contribution in [0.25, 0.3) is 0 Å². The van der Waals surface area contributed by atoms with E-state index in [1.807, 2.05) is 24.3 Å². The highest BCUT2D eigenvalue weighted by Crippen LogP contribution is 2.16. The Kier molecular flexibility index (Phi) is 6.46. The Morgan fingerprint density at radius 2 is 1.77 bits per heavy atom. The van der Waals surface area contributed by atoms with Gasteiger partial charge in [0.05, 0.1) is 18.5 Å². The molecule has 0 aliphatic carbocycles. The highest BCUT2D eigenvalue weighted by atomic mass is 79.9. The molecule has 0 saturated carbocycles. The van der Waals surface area contributed by atoms with Crippen LogP contribution in [0.3, 0.4) is 0 Å². The van der Waals surface area contributed by atoms with E-state index >= 15 is 0 Å². The van der Waals surface area contributed by atoms with Gasteiger partial charge in [-0.1, -0.05) is 40.2 Å². The second kappa shape index (κ2) is 9.00. The van der Waals surface area contributed by atoms with Crippen LogP contribution in [0, 0.1) is 5.82 Å². The number of carbonyl (C=O) groups excluding carboxylic acids is 1. The lowest BCUT2D eigenvalue weighted by Crippen LogP contribution is -2.18. The van der Waals surface area contributed by atoms with Gasteiger partial charge < -0.3 is 5.32 Å². The number of aromatic nitrogens is 2. The molecule has 0 bridgehead atoms. The van der Waals surface area contributed by atoms with Crippen molar-refractivity contribution in [1.82, 2.24) is 9.78 Å². The summed E-state index contributed by atoms with van der Waals surface area (Å²) < 4.78 is 15.7. The topological polar surface area (TPSA) is 46.9 Å². The molecule has 1 aromatic heterocycles. The molecule has 0 fully saturated rings. The van der Waals surface area contributed by atoms with E-state index in [0.29, 0.717) is 23.9 Å². The lowest BCUT2D eigenvalue weighted by molar-refractivity contribution is -0.113. The second-order valence-electron chi connectivity index (χ2n) is 5.67. The van der Waals surface area contributed by atoms with Crippen LogP contribution in [0.4, 0.5) is 10.2 Å². The van der Waals surface area contributed by atoms with Crippen LogP contribution in [-0.2, 0) is 17.1 Å². The molecule has 1 amide bonds. The maximum atomic E-state index is 12.9. The van der Waals surface area contributed by atoms with Crippen molar-refractivity contribution in [2.24, 2.45) is 0 Å². The minimum Gasteiger partial charge on any atom is -0.310 e. The molecule has 3 rings (SSSR count). The smallest absolute Gasteiger partial charge is 0.235 e.